The highest BCUT2D eigenvalue weighted by molar-refractivity contribution is 6.09. The molecular formula is C19H33ClN4O3. The lowest BCUT2D eigenvalue weighted by Crippen LogP contribution is -2.54. The molecule has 4 amide bonds. The van der Waals surface area contributed by atoms with E-state index in [0.717, 1.165) is 37.3 Å². The molecule has 2 heterocycles. The largest absolute Gasteiger partial charge is 0.355 e. The van der Waals surface area contributed by atoms with Crippen LogP contribution < -0.4 is 16.0 Å². The Morgan fingerprint density at radius 1 is 1.30 bits per heavy atom. The summed E-state index contributed by atoms with van der Waals surface area (Å²) in [6.07, 6.45) is 4.37. The monoisotopic (exact) mass is 400 g/mol. The number of halogens is 1. The van der Waals surface area contributed by atoms with E-state index >= 15 is 0 Å². The van der Waals surface area contributed by atoms with Crippen LogP contribution in [0, 0.1) is 17.3 Å². The van der Waals surface area contributed by atoms with Crippen LogP contribution >= 0.6 is 12.4 Å². The van der Waals surface area contributed by atoms with Crippen LogP contribution in [0.25, 0.3) is 0 Å². The van der Waals surface area contributed by atoms with Crippen molar-refractivity contribution in [2.75, 3.05) is 26.2 Å². The molecule has 1 spiro atoms. The van der Waals surface area contributed by atoms with Gasteiger partial charge < -0.3 is 16.0 Å². The van der Waals surface area contributed by atoms with Gasteiger partial charge in [-0.3, -0.25) is 14.5 Å². The van der Waals surface area contributed by atoms with Crippen LogP contribution in [-0.4, -0.2) is 54.5 Å². The number of urea groups is 1. The number of imide groups is 1. The van der Waals surface area contributed by atoms with E-state index in [4.69, 9.17) is 0 Å². The third-order valence-electron chi connectivity index (χ3n) is 5.96. The molecule has 3 fully saturated rings. The van der Waals surface area contributed by atoms with Crippen molar-refractivity contribution < 1.29 is 14.4 Å². The van der Waals surface area contributed by atoms with Crippen molar-refractivity contribution in [1.29, 1.82) is 0 Å². The maximum atomic E-state index is 13.0. The lowest BCUT2D eigenvalue weighted by atomic mass is 9.64. The van der Waals surface area contributed by atoms with E-state index in [-0.39, 0.29) is 36.2 Å². The Bertz CT molecular complexity index is 592. The van der Waals surface area contributed by atoms with Crippen molar-refractivity contribution in [2.45, 2.75) is 58.4 Å². The highest BCUT2D eigenvalue weighted by atomic mass is 35.5. The maximum absolute atomic E-state index is 13.0. The molecule has 154 valence electrons. The summed E-state index contributed by atoms with van der Waals surface area (Å²) in [6, 6.07) is -0.435. The predicted octanol–water partition coefficient (Wildman–Crippen LogP) is 1.66. The molecule has 1 aliphatic carbocycles. The average molecular weight is 401 g/mol. The lowest BCUT2D eigenvalue weighted by Gasteiger charge is -2.43. The molecule has 8 heteroatoms. The molecule has 0 aromatic rings. The fraction of sp³-hybridized carbons (Fsp3) is 0.842. The number of hydrogen-bond acceptors (Lipinski definition) is 4. The molecule has 0 bridgehead atoms. The molecule has 0 aromatic heterocycles. The van der Waals surface area contributed by atoms with Crippen LogP contribution in [0.4, 0.5) is 4.79 Å². The van der Waals surface area contributed by atoms with Crippen LogP contribution in [0.3, 0.4) is 0 Å². The van der Waals surface area contributed by atoms with Gasteiger partial charge in [0, 0.05) is 6.54 Å². The highest BCUT2D eigenvalue weighted by Crippen LogP contribution is 2.46. The number of nitrogens with zero attached hydrogens (tertiary/aromatic N) is 1. The third-order valence-corrected chi connectivity index (χ3v) is 5.96. The Balaban J connectivity index is 0.00000261. The number of nitrogens with one attached hydrogen (secondary N) is 3. The first-order chi connectivity index (χ1) is 12.2. The van der Waals surface area contributed by atoms with Crippen molar-refractivity contribution in [2.24, 2.45) is 17.3 Å². The molecule has 3 aliphatic rings. The number of rotatable bonds is 5. The van der Waals surface area contributed by atoms with Gasteiger partial charge in [-0.2, -0.15) is 0 Å². The molecule has 3 N–H and O–H groups in total. The van der Waals surface area contributed by atoms with E-state index in [2.05, 4.69) is 36.7 Å². The minimum Gasteiger partial charge on any atom is -0.355 e. The summed E-state index contributed by atoms with van der Waals surface area (Å²) in [7, 11) is 0. The zero-order valence-corrected chi connectivity index (χ0v) is 17.4. The summed E-state index contributed by atoms with van der Waals surface area (Å²) in [5.74, 6) is 0.454. The molecule has 0 radical (unpaired) electrons. The van der Waals surface area contributed by atoms with Crippen LogP contribution in [0.2, 0.25) is 0 Å². The Kier molecular flexibility index (Phi) is 6.79. The fourth-order valence-corrected chi connectivity index (χ4v) is 5.23. The molecule has 7 nitrogen and oxygen atoms in total. The maximum Gasteiger partial charge on any atom is 0.325 e. The molecule has 3 rings (SSSR count). The Hall–Kier alpha value is -1.34. The summed E-state index contributed by atoms with van der Waals surface area (Å²) in [5.41, 5.74) is -0.845. The summed E-state index contributed by atoms with van der Waals surface area (Å²) >= 11 is 0. The molecule has 2 aliphatic heterocycles. The van der Waals surface area contributed by atoms with Crippen molar-refractivity contribution in [1.82, 2.24) is 20.9 Å². The van der Waals surface area contributed by atoms with Crippen LogP contribution in [0.15, 0.2) is 0 Å². The Labute approximate surface area is 167 Å². The van der Waals surface area contributed by atoms with E-state index < -0.39 is 11.6 Å². The van der Waals surface area contributed by atoms with Gasteiger partial charge in [-0.1, -0.05) is 20.8 Å². The minimum atomic E-state index is -0.839. The second-order valence-corrected chi connectivity index (χ2v) is 9.26. The van der Waals surface area contributed by atoms with Gasteiger partial charge in [0.15, 0.2) is 0 Å². The smallest absolute Gasteiger partial charge is 0.325 e. The van der Waals surface area contributed by atoms with Gasteiger partial charge in [0.05, 0.1) is 0 Å². The molecule has 0 aromatic carbocycles. The first kappa shape index (κ1) is 22.0. The quantitative estimate of drug-likeness (QED) is 0.612. The van der Waals surface area contributed by atoms with Gasteiger partial charge in [-0.05, 0) is 62.4 Å². The van der Waals surface area contributed by atoms with Crippen molar-refractivity contribution >= 4 is 30.3 Å². The molecular weight excluding hydrogens is 368 g/mol. The summed E-state index contributed by atoms with van der Waals surface area (Å²) in [5, 5.41) is 9.07. The Morgan fingerprint density at radius 3 is 2.67 bits per heavy atom. The van der Waals surface area contributed by atoms with Crippen molar-refractivity contribution in [3.63, 3.8) is 0 Å². The third kappa shape index (κ3) is 4.93. The van der Waals surface area contributed by atoms with E-state index in [9.17, 15) is 14.4 Å². The molecule has 3 unspecified atom stereocenters. The lowest BCUT2D eigenvalue weighted by molar-refractivity contribution is -0.137. The Morgan fingerprint density at radius 2 is 2.04 bits per heavy atom. The summed E-state index contributed by atoms with van der Waals surface area (Å²) in [6.45, 7) is 8.83. The van der Waals surface area contributed by atoms with Crippen LogP contribution in [0.5, 0.6) is 0 Å². The molecule has 27 heavy (non-hydrogen) atoms. The van der Waals surface area contributed by atoms with Gasteiger partial charge in [0.1, 0.15) is 12.1 Å². The van der Waals surface area contributed by atoms with Gasteiger partial charge >= 0.3 is 6.03 Å². The first-order valence-electron chi connectivity index (χ1n) is 9.82. The van der Waals surface area contributed by atoms with E-state index in [1.165, 1.54) is 0 Å². The van der Waals surface area contributed by atoms with Gasteiger partial charge in [0.25, 0.3) is 5.91 Å². The average Bonchev–Trinajstić information content (AvgIpc) is 3.09. The summed E-state index contributed by atoms with van der Waals surface area (Å²) in [4.78, 5) is 38.7. The van der Waals surface area contributed by atoms with Crippen molar-refractivity contribution in [3.8, 4) is 0 Å². The number of hydrogen-bond donors (Lipinski definition) is 3. The first-order valence-corrected chi connectivity index (χ1v) is 9.82. The molecule has 1 saturated carbocycles. The van der Waals surface area contributed by atoms with Crippen molar-refractivity contribution in [3.05, 3.63) is 0 Å². The zero-order valence-electron chi connectivity index (χ0n) is 16.6. The van der Waals surface area contributed by atoms with E-state index in [0.29, 0.717) is 31.2 Å². The number of carbonyl (C=O) groups is 3. The standard InChI is InChI=1S/C19H32N4O3.ClH/c1-13-8-18(2,3)12-19(9-13)16(25)23(17(26)22-19)11-15(24)21-7-5-14-4-6-20-10-14;/h13-14,20H,4-12H2,1-3H3,(H,21,24)(H,22,26);1H. The van der Waals surface area contributed by atoms with E-state index in [1.54, 1.807) is 0 Å². The van der Waals surface area contributed by atoms with E-state index in [1.807, 2.05) is 0 Å². The number of amides is 4. The molecule has 3 atom stereocenters. The van der Waals surface area contributed by atoms with Crippen LogP contribution in [0.1, 0.15) is 52.9 Å². The van der Waals surface area contributed by atoms with Crippen LogP contribution in [-0.2, 0) is 9.59 Å². The van der Waals surface area contributed by atoms with Gasteiger partial charge in [-0.15, -0.1) is 12.4 Å². The van der Waals surface area contributed by atoms with Gasteiger partial charge in [0.2, 0.25) is 5.91 Å². The fourth-order valence-electron chi connectivity index (χ4n) is 5.23. The minimum absolute atomic E-state index is 0. The predicted molar refractivity (Wildman–Crippen MR) is 106 cm³/mol. The normalized spacial score (nSPS) is 32.3. The summed E-state index contributed by atoms with van der Waals surface area (Å²) < 4.78 is 0. The van der Waals surface area contributed by atoms with Gasteiger partial charge in [-0.25, -0.2) is 4.79 Å². The molecule has 2 saturated heterocycles. The zero-order chi connectivity index (χ0) is 18.9. The second-order valence-electron chi connectivity index (χ2n) is 9.26. The highest BCUT2D eigenvalue weighted by Gasteiger charge is 2.56. The number of carbonyl (C=O) groups excluding carboxylic acids is 3. The second kappa shape index (κ2) is 8.35. The topological polar surface area (TPSA) is 90.5 Å². The SMILES string of the molecule is CC1CC(C)(C)CC2(C1)NC(=O)N(CC(=O)NCCC1CCNC1)C2=O.Cl.